The molecular formula is C21H25BrN2O4. The summed E-state index contributed by atoms with van der Waals surface area (Å²) in [7, 11) is 0. The fraction of sp³-hybridized carbons (Fsp3) is 0.333. The molecular weight excluding hydrogens is 424 g/mol. The second kappa shape index (κ2) is 11.3. The van der Waals surface area contributed by atoms with Gasteiger partial charge in [-0.1, -0.05) is 48.3 Å². The van der Waals surface area contributed by atoms with Crippen LogP contribution in [0, 0.1) is 0 Å². The molecule has 6 nitrogen and oxygen atoms in total. The molecule has 0 aromatic heterocycles. The lowest BCUT2D eigenvalue weighted by molar-refractivity contribution is 0.0842. The Bertz CT molecular complexity index is 811. The summed E-state index contributed by atoms with van der Waals surface area (Å²) in [5, 5.41) is 0. The van der Waals surface area contributed by atoms with Gasteiger partial charge in [0.15, 0.2) is 0 Å². The molecule has 0 aliphatic heterocycles. The van der Waals surface area contributed by atoms with Crippen LogP contribution in [0.1, 0.15) is 53.8 Å². The largest absolute Gasteiger partial charge is 0.493 e. The second-order valence-corrected chi connectivity index (χ2v) is 7.01. The minimum atomic E-state index is -0.465. The van der Waals surface area contributed by atoms with Gasteiger partial charge < -0.3 is 9.47 Å². The van der Waals surface area contributed by atoms with E-state index in [1.165, 1.54) is 0 Å². The van der Waals surface area contributed by atoms with Crippen LogP contribution in [0.2, 0.25) is 0 Å². The van der Waals surface area contributed by atoms with E-state index in [9.17, 15) is 9.59 Å². The van der Waals surface area contributed by atoms with E-state index in [2.05, 4.69) is 33.7 Å². The highest BCUT2D eigenvalue weighted by Gasteiger charge is 2.16. The van der Waals surface area contributed by atoms with E-state index in [0.29, 0.717) is 35.8 Å². The van der Waals surface area contributed by atoms with Gasteiger partial charge in [-0.15, -0.1) is 0 Å². The van der Waals surface area contributed by atoms with Crippen molar-refractivity contribution in [2.75, 3.05) is 13.2 Å². The Morgan fingerprint density at radius 2 is 1.50 bits per heavy atom. The van der Waals surface area contributed by atoms with E-state index < -0.39 is 11.8 Å². The van der Waals surface area contributed by atoms with Gasteiger partial charge in [0.25, 0.3) is 11.8 Å². The number of carbonyl (C=O) groups excluding carboxylic acids is 2. The number of amides is 2. The van der Waals surface area contributed by atoms with E-state index in [0.717, 1.165) is 23.7 Å². The lowest BCUT2D eigenvalue weighted by atomic mass is 10.2. The van der Waals surface area contributed by atoms with Gasteiger partial charge in [0, 0.05) is 4.47 Å². The number of carbonyl (C=O) groups is 2. The zero-order chi connectivity index (χ0) is 20.4. The summed E-state index contributed by atoms with van der Waals surface area (Å²) in [6, 6.07) is 12.1. The topological polar surface area (TPSA) is 76.7 Å². The third-order valence-electron chi connectivity index (χ3n) is 3.82. The van der Waals surface area contributed by atoms with Crippen LogP contribution >= 0.6 is 15.9 Å². The zero-order valence-electron chi connectivity index (χ0n) is 16.1. The fourth-order valence-corrected chi connectivity index (χ4v) is 2.73. The van der Waals surface area contributed by atoms with Crippen LogP contribution in [0.4, 0.5) is 0 Å². The van der Waals surface area contributed by atoms with Crippen LogP contribution in [0.25, 0.3) is 0 Å². The normalized spacial score (nSPS) is 10.2. The van der Waals surface area contributed by atoms with E-state index in [1.54, 1.807) is 42.5 Å². The number of hydrogen-bond donors (Lipinski definition) is 2. The maximum Gasteiger partial charge on any atom is 0.273 e. The lowest BCUT2D eigenvalue weighted by Gasteiger charge is -2.14. The van der Waals surface area contributed by atoms with Gasteiger partial charge in [-0.3, -0.25) is 20.4 Å². The molecule has 28 heavy (non-hydrogen) atoms. The van der Waals surface area contributed by atoms with E-state index in [1.807, 2.05) is 6.92 Å². The molecule has 0 atom stereocenters. The minimum Gasteiger partial charge on any atom is -0.493 e. The van der Waals surface area contributed by atoms with Gasteiger partial charge in [-0.2, -0.15) is 0 Å². The molecule has 0 aliphatic carbocycles. The molecule has 0 bridgehead atoms. The molecule has 0 heterocycles. The molecule has 0 unspecified atom stereocenters. The first-order valence-corrected chi connectivity index (χ1v) is 10.1. The molecule has 2 amide bonds. The number of nitrogens with one attached hydrogen (secondary N) is 2. The number of hydrogen-bond acceptors (Lipinski definition) is 4. The Labute approximate surface area is 173 Å². The van der Waals surface area contributed by atoms with Crippen molar-refractivity contribution in [1.82, 2.24) is 10.9 Å². The number of halogens is 1. The van der Waals surface area contributed by atoms with Crippen molar-refractivity contribution in [2.45, 2.75) is 33.1 Å². The molecule has 2 N–H and O–H groups in total. The van der Waals surface area contributed by atoms with Crippen LogP contribution in [0.15, 0.2) is 46.9 Å². The summed E-state index contributed by atoms with van der Waals surface area (Å²) < 4.78 is 12.0. The van der Waals surface area contributed by atoms with Gasteiger partial charge >= 0.3 is 0 Å². The Balaban J connectivity index is 2.06. The Hall–Kier alpha value is -2.54. The average molecular weight is 449 g/mol. The minimum absolute atomic E-state index is 0.335. The molecule has 0 radical (unpaired) electrons. The third-order valence-corrected chi connectivity index (χ3v) is 4.32. The highest BCUT2D eigenvalue weighted by atomic mass is 79.9. The summed E-state index contributed by atoms with van der Waals surface area (Å²) in [6.45, 7) is 5.08. The number of unbranched alkanes of at least 4 members (excludes halogenated alkanes) is 1. The van der Waals surface area contributed by atoms with Crippen molar-refractivity contribution in [3.63, 3.8) is 0 Å². The molecule has 0 saturated heterocycles. The standard InChI is InChI=1S/C21H25BrN2O4/c1-3-5-13-28-19-11-10-15(22)14-17(19)21(26)24-23-20(25)16-8-6-7-9-18(16)27-12-4-2/h6-11,14H,3-5,12-13H2,1-2H3,(H,23,25)(H,24,26). The van der Waals surface area contributed by atoms with E-state index in [4.69, 9.17) is 9.47 Å². The van der Waals surface area contributed by atoms with Gasteiger partial charge in [-0.25, -0.2) is 0 Å². The Morgan fingerprint density at radius 1 is 0.857 bits per heavy atom. The van der Waals surface area contributed by atoms with E-state index >= 15 is 0 Å². The number of ether oxygens (including phenoxy) is 2. The number of benzene rings is 2. The average Bonchev–Trinajstić information content (AvgIpc) is 2.71. The predicted molar refractivity (Wildman–Crippen MR) is 112 cm³/mol. The predicted octanol–water partition coefficient (Wildman–Crippen LogP) is 4.49. The summed E-state index contributed by atoms with van der Waals surface area (Å²) in [4.78, 5) is 25.1. The third kappa shape index (κ3) is 6.27. The molecule has 2 aromatic rings. The van der Waals surface area contributed by atoms with E-state index in [-0.39, 0.29) is 0 Å². The SMILES string of the molecule is CCCCOc1ccc(Br)cc1C(=O)NNC(=O)c1ccccc1OCCC. The van der Waals surface area contributed by atoms with Crippen molar-refractivity contribution in [1.29, 1.82) is 0 Å². The summed E-state index contributed by atoms with van der Waals surface area (Å²) in [5.74, 6) is 0.0221. The molecule has 0 spiro atoms. The van der Waals surface area contributed by atoms with Gasteiger partial charge in [0.1, 0.15) is 11.5 Å². The molecule has 7 heteroatoms. The van der Waals surface area contributed by atoms with Gasteiger partial charge in [-0.05, 0) is 43.2 Å². The van der Waals surface area contributed by atoms with Crippen LogP contribution in [-0.2, 0) is 0 Å². The van der Waals surface area contributed by atoms with Crippen molar-refractivity contribution in [3.8, 4) is 11.5 Å². The molecule has 0 aliphatic rings. The first kappa shape index (κ1) is 21.8. The first-order valence-electron chi connectivity index (χ1n) is 9.31. The smallest absolute Gasteiger partial charge is 0.273 e. The summed E-state index contributed by atoms with van der Waals surface area (Å²) >= 11 is 3.36. The highest BCUT2D eigenvalue weighted by Crippen LogP contribution is 2.23. The monoisotopic (exact) mass is 448 g/mol. The van der Waals surface area contributed by atoms with Crippen molar-refractivity contribution < 1.29 is 19.1 Å². The molecule has 2 aromatic carbocycles. The van der Waals surface area contributed by atoms with Crippen LogP contribution in [0.3, 0.4) is 0 Å². The van der Waals surface area contributed by atoms with Crippen LogP contribution in [-0.4, -0.2) is 25.0 Å². The maximum atomic E-state index is 12.6. The van der Waals surface area contributed by atoms with Crippen molar-refractivity contribution in [2.24, 2.45) is 0 Å². The number of rotatable bonds is 9. The maximum absolute atomic E-state index is 12.6. The molecule has 0 fully saturated rings. The second-order valence-electron chi connectivity index (χ2n) is 6.10. The lowest BCUT2D eigenvalue weighted by Crippen LogP contribution is -2.41. The Kier molecular flexibility index (Phi) is 8.81. The summed E-state index contributed by atoms with van der Waals surface area (Å²) in [6.07, 6.45) is 2.71. The Morgan fingerprint density at radius 3 is 2.21 bits per heavy atom. The van der Waals surface area contributed by atoms with Gasteiger partial charge in [0.2, 0.25) is 0 Å². The first-order chi connectivity index (χ1) is 13.6. The molecule has 150 valence electrons. The number of hydrazine groups is 1. The highest BCUT2D eigenvalue weighted by molar-refractivity contribution is 9.10. The van der Waals surface area contributed by atoms with Gasteiger partial charge in [0.05, 0.1) is 24.3 Å². The zero-order valence-corrected chi connectivity index (χ0v) is 17.7. The summed E-state index contributed by atoms with van der Waals surface area (Å²) in [5.41, 5.74) is 5.57. The fourth-order valence-electron chi connectivity index (χ4n) is 2.37. The molecule has 2 rings (SSSR count). The van der Waals surface area contributed by atoms with Crippen molar-refractivity contribution in [3.05, 3.63) is 58.1 Å². The van der Waals surface area contributed by atoms with Crippen LogP contribution in [0.5, 0.6) is 11.5 Å². The molecule has 0 saturated carbocycles. The van der Waals surface area contributed by atoms with Crippen LogP contribution < -0.4 is 20.3 Å². The number of para-hydroxylation sites is 1. The van der Waals surface area contributed by atoms with Crippen molar-refractivity contribution >= 4 is 27.7 Å². The quantitative estimate of drug-likeness (QED) is 0.437.